The number of hydrogen-bond donors (Lipinski definition) is 15. The van der Waals surface area contributed by atoms with Gasteiger partial charge in [0.05, 0.1) is 25.2 Å². The fraction of sp³-hybridized carbons (Fsp3) is 0.804. The van der Waals surface area contributed by atoms with Gasteiger partial charge in [0.25, 0.3) is 5.91 Å². The third kappa shape index (κ3) is 19.7. The number of aliphatic hydroxyl groups excluding tert-OH is 6. The Balaban J connectivity index is 2.13. The van der Waals surface area contributed by atoms with Crippen LogP contribution in [-0.4, -0.2) is 237 Å². The standard InChI is InChI=1S/C51H90N10O21/c1-18(2)31(45(73)55-24(11)49(77)78)58-47(75)33(20(5)6)59-46(74)32(19(3)4)57-42(70)23(10)53-41(69)22(9)54-43(71)25(12)61(15)48(76)34(21(7)8)60-44(72)30(52)26(13)79-50-35(56-27(14)64)40(37(66)29(17-63)80-50)82-51-39(68)38(67)36(65)28(16-62)81-51/h18-26,28-40,50-51,62-63,65-68H,16-17,52H2,1-15H3,(H,53,69)(H,54,71)(H,55,73)(H,56,64)(H,57,70)(H,58,75)(H,59,74)(H,60,72)(H,77,78)/t22-,23-,24-,25-,26+,28+,29+,30-,31-,32-,33-,34-,35+,36-,37-,38-,39+,40+,50-,51-/m0/s1. The van der Waals surface area contributed by atoms with E-state index < -0.39 is 218 Å². The van der Waals surface area contributed by atoms with Crippen LogP contribution in [0.25, 0.3) is 0 Å². The summed E-state index contributed by atoms with van der Waals surface area (Å²) in [4.78, 5) is 133. The molecular weight excluding hydrogens is 1090 g/mol. The number of carbonyl (C=O) groups excluding carboxylic acids is 10. The number of likely N-dealkylation sites (N-methyl/N-ethyl adjacent to an activating group) is 1. The molecule has 2 rings (SSSR count). The monoisotopic (exact) mass is 1180 g/mol. The Morgan fingerprint density at radius 2 is 0.915 bits per heavy atom. The molecule has 9 amide bonds. The molecule has 0 saturated carbocycles. The lowest BCUT2D eigenvalue weighted by Gasteiger charge is -2.47. The Labute approximate surface area is 476 Å². The maximum atomic E-state index is 14.0. The van der Waals surface area contributed by atoms with E-state index >= 15 is 0 Å². The zero-order valence-corrected chi connectivity index (χ0v) is 49.2. The van der Waals surface area contributed by atoms with Gasteiger partial charge in [-0.15, -0.1) is 0 Å². The molecule has 0 aliphatic carbocycles. The average molecular weight is 1180 g/mol. The minimum Gasteiger partial charge on any atom is -0.548 e. The van der Waals surface area contributed by atoms with Crippen LogP contribution < -0.4 is 53.4 Å². The van der Waals surface area contributed by atoms with Crippen molar-refractivity contribution >= 4 is 59.1 Å². The van der Waals surface area contributed by atoms with Crippen molar-refractivity contribution in [2.75, 3.05) is 20.3 Å². The fourth-order valence-corrected chi connectivity index (χ4v) is 8.48. The van der Waals surface area contributed by atoms with Gasteiger partial charge in [-0.25, -0.2) is 0 Å². The summed E-state index contributed by atoms with van der Waals surface area (Å²) in [5.74, 6) is -10.7. The number of ether oxygens (including phenoxy) is 4. The molecule has 82 heavy (non-hydrogen) atoms. The number of hydrogen-bond acceptors (Lipinski definition) is 21. The maximum Gasteiger partial charge on any atom is 0.281 e. The van der Waals surface area contributed by atoms with E-state index in [9.17, 15) is 83.7 Å². The van der Waals surface area contributed by atoms with Gasteiger partial charge in [-0.1, -0.05) is 55.4 Å². The molecule has 20 atom stereocenters. The van der Waals surface area contributed by atoms with E-state index in [0.717, 1.165) is 11.8 Å². The van der Waals surface area contributed by atoms with Crippen molar-refractivity contribution in [1.29, 1.82) is 0 Å². The minimum absolute atomic E-state index is 0.496. The van der Waals surface area contributed by atoms with Crippen molar-refractivity contribution in [3.63, 3.8) is 0 Å². The molecule has 0 bridgehead atoms. The van der Waals surface area contributed by atoms with Crippen LogP contribution in [0.3, 0.4) is 0 Å². The van der Waals surface area contributed by atoms with Crippen LogP contribution in [0, 0.1) is 23.7 Å². The summed E-state index contributed by atoms with van der Waals surface area (Å²) in [7, 11) is 1.29. The number of nitrogens with zero attached hydrogens (tertiary/aromatic N) is 1. The van der Waals surface area contributed by atoms with Gasteiger partial charge in [-0.2, -0.15) is 0 Å². The molecule has 31 heteroatoms. The topological polar surface area (TPSA) is 479 Å². The second kappa shape index (κ2) is 32.4. The zero-order valence-electron chi connectivity index (χ0n) is 49.2. The van der Waals surface area contributed by atoms with Crippen molar-refractivity contribution in [2.45, 2.75) is 219 Å². The molecule has 0 aromatic rings. The lowest BCUT2D eigenvalue weighted by molar-refractivity contribution is -0.431. The number of carboxylic acids is 1. The van der Waals surface area contributed by atoms with E-state index in [1.807, 2.05) is 0 Å². The van der Waals surface area contributed by atoms with Gasteiger partial charge in [0, 0.05) is 14.0 Å². The maximum absolute atomic E-state index is 14.0. The summed E-state index contributed by atoms with van der Waals surface area (Å²) < 4.78 is 23.1. The molecule has 0 aromatic carbocycles. The SMILES string of the molecule is CC(=O)N[C@H]1[C@@H](O[C@H](C)[C@H]([NH3+])C(=O)N[C@H](C(=O)N(C)[C@@H](C)C(=O)N[C@@H](C)C(=O)N[C@@H](C)C(=O)N[C@H](C(=O)N[C@H](C(=O)N[C@H](C(=O)N[C@@H](C)C(=O)[O-])C(C)C)C(C)C)C(C)C)C(C)C)O[C@H](CO)[C@H](O)[C@@H]1O[C@@H]1O[C@H](CO)[C@H](O)[C@H](O)[C@H]1O. The minimum atomic E-state index is -1.93. The van der Waals surface area contributed by atoms with Crippen molar-refractivity contribution in [3.8, 4) is 0 Å². The van der Waals surface area contributed by atoms with Crippen molar-refractivity contribution in [3.05, 3.63) is 0 Å². The number of quaternary nitrogens is 1. The van der Waals surface area contributed by atoms with Gasteiger partial charge < -0.3 is 113 Å². The van der Waals surface area contributed by atoms with Crippen molar-refractivity contribution in [1.82, 2.24) is 47.4 Å². The Bertz CT molecular complexity index is 2210. The second-order valence-electron chi connectivity index (χ2n) is 22.2. The van der Waals surface area contributed by atoms with Crippen LogP contribution in [0.15, 0.2) is 0 Å². The number of aliphatic carboxylic acids is 1. The lowest BCUT2D eigenvalue weighted by Crippen LogP contribution is -2.75. The lowest BCUT2D eigenvalue weighted by atomic mass is 9.95. The predicted molar refractivity (Wildman–Crippen MR) is 282 cm³/mol. The average Bonchev–Trinajstić information content (AvgIpc) is 3.39. The first kappa shape index (κ1) is 72.4. The summed E-state index contributed by atoms with van der Waals surface area (Å²) in [6.07, 6.45) is -16.4. The van der Waals surface area contributed by atoms with Crippen LogP contribution >= 0.6 is 0 Å². The summed E-state index contributed by atoms with van der Waals surface area (Å²) in [5.41, 5.74) is 3.89. The molecule has 2 heterocycles. The zero-order chi connectivity index (χ0) is 63.1. The second-order valence-corrected chi connectivity index (χ2v) is 22.2. The quantitative estimate of drug-likeness (QED) is 0.0331. The Morgan fingerprint density at radius 1 is 0.524 bits per heavy atom. The summed E-state index contributed by atoms with van der Waals surface area (Å²) in [6, 6.07) is -12.9. The van der Waals surface area contributed by atoms with E-state index in [0.29, 0.717) is 0 Å². The molecule has 0 unspecified atom stereocenters. The van der Waals surface area contributed by atoms with E-state index in [1.54, 1.807) is 55.4 Å². The predicted octanol–water partition coefficient (Wildman–Crippen LogP) is -8.56. The highest BCUT2D eigenvalue weighted by molar-refractivity contribution is 5.98. The first-order valence-electron chi connectivity index (χ1n) is 27.2. The van der Waals surface area contributed by atoms with Crippen LogP contribution in [0.1, 0.15) is 96.9 Å². The third-order valence-corrected chi connectivity index (χ3v) is 14.1. The molecule has 0 radical (unpaired) electrons. The third-order valence-electron chi connectivity index (χ3n) is 14.1. The van der Waals surface area contributed by atoms with Gasteiger partial charge >= 0.3 is 0 Å². The first-order valence-corrected chi connectivity index (χ1v) is 27.2. The molecule has 2 aliphatic rings. The Hall–Kier alpha value is -5.74. The highest BCUT2D eigenvalue weighted by atomic mass is 16.7. The van der Waals surface area contributed by atoms with Crippen LogP contribution in [0.4, 0.5) is 0 Å². The summed E-state index contributed by atoms with van der Waals surface area (Å²) >= 11 is 0. The van der Waals surface area contributed by atoms with E-state index in [-0.39, 0.29) is 0 Å². The van der Waals surface area contributed by atoms with Crippen molar-refractivity contribution in [2.24, 2.45) is 23.7 Å². The molecule has 17 N–H and O–H groups in total. The smallest absolute Gasteiger partial charge is 0.281 e. The summed E-state index contributed by atoms with van der Waals surface area (Å²) in [6.45, 7) is 19.1. The highest BCUT2D eigenvalue weighted by Gasteiger charge is 2.52. The number of rotatable bonds is 29. The van der Waals surface area contributed by atoms with Crippen LogP contribution in [-0.2, 0) is 66.9 Å². The number of carbonyl (C=O) groups is 10. The molecule has 470 valence electrons. The van der Waals surface area contributed by atoms with Gasteiger partial charge in [0.2, 0.25) is 47.3 Å². The first-order chi connectivity index (χ1) is 37.9. The van der Waals surface area contributed by atoms with Gasteiger partial charge in [0.15, 0.2) is 18.6 Å². The van der Waals surface area contributed by atoms with Crippen LogP contribution in [0.2, 0.25) is 0 Å². The van der Waals surface area contributed by atoms with Crippen molar-refractivity contribution < 1.29 is 108 Å². The van der Waals surface area contributed by atoms with E-state index in [4.69, 9.17) is 18.9 Å². The number of carboxylic acid groups (broad SMARTS) is 1. The molecule has 2 saturated heterocycles. The molecular formula is C51H90N10O21. The van der Waals surface area contributed by atoms with Gasteiger partial charge in [-0.05, 0) is 58.3 Å². The van der Waals surface area contributed by atoms with E-state index in [2.05, 4.69) is 48.3 Å². The molecule has 2 fully saturated rings. The fourth-order valence-electron chi connectivity index (χ4n) is 8.48. The van der Waals surface area contributed by atoms with E-state index in [1.165, 1.54) is 41.7 Å². The normalized spacial score (nSPS) is 26.5. The Kier molecular flexibility index (Phi) is 28.6. The summed E-state index contributed by atoms with van der Waals surface area (Å²) in [5, 5.41) is 93.5. The van der Waals surface area contributed by atoms with Gasteiger partial charge in [-0.3, -0.25) is 43.2 Å². The van der Waals surface area contributed by atoms with Crippen LogP contribution in [0.5, 0.6) is 0 Å². The largest absolute Gasteiger partial charge is 0.548 e. The number of nitrogens with one attached hydrogen (secondary N) is 8. The molecule has 0 aromatic heterocycles. The number of aliphatic hydroxyl groups is 6. The highest BCUT2D eigenvalue weighted by Crippen LogP contribution is 2.30. The number of amides is 9. The molecule has 0 spiro atoms. The Morgan fingerprint density at radius 3 is 1.35 bits per heavy atom. The van der Waals surface area contributed by atoms with Gasteiger partial charge in [0.1, 0.15) is 97.2 Å². The molecule has 31 nitrogen and oxygen atoms in total. The molecule has 2 aliphatic heterocycles.